The smallest absolute Gasteiger partial charge is 0.294 e. The van der Waals surface area contributed by atoms with Gasteiger partial charge < -0.3 is 0 Å². The number of hydrogen-bond donors (Lipinski definition) is 0. The van der Waals surface area contributed by atoms with Crippen molar-refractivity contribution in [1.29, 1.82) is 0 Å². The second kappa shape index (κ2) is 5.08. The summed E-state index contributed by atoms with van der Waals surface area (Å²) in [6.07, 6.45) is -4.47. The van der Waals surface area contributed by atoms with Crippen LogP contribution < -0.4 is 0 Å². The number of rotatable bonds is 3. The second-order valence-corrected chi connectivity index (χ2v) is 4.65. The summed E-state index contributed by atoms with van der Waals surface area (Å²) in [5.41, 5.74) is -1.27. The lowest BCUT2D eigenvalue weighted by atomic mass is 9.97. The monoisotopic (exact) mass is 264 g/mol. The first-order valence-corrected chi connectivity index (χ1v) is 5.49. The molecule has 0 unspecified atom stereocenters. The van der Waals surface area contributed by atoms with Crippen LogP contribution in [-0.2, 0) is 6.18 Å². The summed E-state index contributed by atoms with van der Waals surface area (Å²) in [5, 5.41) is -0.0292. The Bertz CT molecular complexity index is 424. The van der Waals surface area contributed by atoms with Crippen LogP contribution in [0.3, 0.4) is 0 Å². The van der Waals surface area contributed by atoms with Crippen LogP contribution in [0.2, 0.25) is 5.02 Å². The molecule has 0 radical (unpaired) electrons. The van der Waals surface area contributed by atoms with Crippen LogP contribution in [0.4, 0.5) is 13.2 Å². The van der Waals surface area contributed by atoms with Gasteiger partial charge in [0.1, 0.15) is 0 Å². The average Bonchev–Trinajstić information content (AvgIpc) is 2.14. The van der Waals surface area contributed by atoms with Crippen molar-refractivity contribution in [2.75, 3.05) is 0 Å². The van der Waals surface area contributed by atoms with E-state index in [1.165, 1.54) is 6.07 Å². The number of hydrogen-bond acceptors (Lipinski definition) is 1. The Kier molecular flexibility index (Phi) is 4.20. The van der Waals surface area contributed by atoms with Crippen molar-refractivity contribution in [2.45, 2.75) is 26.4 Å². The lowest BCUT2D eigenvalue weighted by Crippen LogP contribution is -2.14. The molecule has 0 aliphatic carbocycles. The zero-order valence-electron chi connectivity index (χ0n) is 9.44. The van der Waals surface area contributed by atoms with Crippen molar-refractivity contribution in [3.05, 3.63) is 34.3 Å². The molecule has 0 saturated carbocycles. The third kappa shape index (κ3) is 3.73. The van der Waals surface area contributed by atoms with E-state index in [2.05, 4.69) is 0 Å². The Morgan fingerprint density at radius 2 is 1.94 bits per heavy atom. The molecule has 0 N–H and O–H groups in total. The van der Waals surface area contributed by atoms with Crippen molar-refractivity contribution < 1.29 is 18.0 Å². The summed E-state index contributed by atoms with van der Waals surface area (Å²) in [6.45, 7) is 3.56. The Hall–Kier alpha value is -1.03. The van der Waals surface area contributed by atoms with Crippen LogP contribution in [-0.4, -0.2) is 5.78 Å². The van der Waals surface area contributed by atoms with Crippen molar-refractivity contribution >= 4 is 17.4 Å². The molecule has 0 aromatic heterocycles. The van der Waals surface area contributed by atoms with Gasteiger partial charge in [-0.2, -0.15) is 13.2 Å². The molecule has 0 amide bonds. The third-order valence-electron chi connectivity index (χ3n) is 2.18. The highest BCUT2D eigenvalue weighted by atomic mass is 35.5. The van der Waals surface area contributed by atoms with E-state index in [4.69, 9.17) is 11.6 Å². The first-order chi connectivity index (χ1) is 7.71. The average molecular weight is 265 g/mol. The highest BCUT2D eigenvalue weighted by Gasteiger charge is 2.35. The molecule has 1 aromatic rings. The van der Waals surface area contributed by atoms with Gasteiger partial charge in [0, 0.05) is 17.0 Å². The van der Waals surface area contributed by atoms with Crippen molar-refractivity contribution in [3.8, 4) is 0 Å². The molecule has 0 atom stereocenters. The normalized spacial score (nSPS) is 11.9. The molecule has 1 rings (SSSR count). The van der Waals surface area contributed by atoms with Crippen LogP contribution >= 0.6 is 11.6 Å². The van der Waals surface area contributed by atoms with Crippen LogP contribution in [0.5, 0.6) is 0 Å². The Morgan fingerprint density at radius 3 is 2.41 bits per heavy atom. The number of ketones is 1. The number of alkyl halides is 3. The van der Waals surface area contributed by atoms with Gasteiger partial charge in [0.2, 0.25) is 0 Å². The molecular weight excluding hydrogens is 253 g/mol. The maximum Gasteiger partial charge on any atom is 0.417 e. The zero-order chi connectivity index (χ0) is 13.2. The molecule has 0 heterocycles. The molecule has 94 valence electrons. The number of carbonyl (C=O) groups is 1. The van der Waals surface area contributed by atoms with Crippen LogP contribution in [0.1, 0.15) is 36.2 Å². The number of Topliss-reactive ketones (excluding diaryl/α,β-unsaturated/α-hetero) is 1. The van der Waals surface area contributed by atoms with Gasteiger partial charge >= 0.3 is 6.18 Å². The standard InChI is InChI=1S/C12H12ClF3O/c1-7(2)5-11(17)9-4-3-8(13)6-10(9)12(14,15)16/h3-4,6-7H,5H2,1-2H3. The molecule has 1 nitrogen and oxygen atoms in total. The molecule has 0 aliphatic heterocycles. The van der Waals surface area contributed by atoms with Gasteiger partial charge in [-0.15, -0.1) is 0 Å². The van der Waals surface area contributed by atoms with Crippen LogP contribution in [0, 0.1) is 5.92 Å². The first kappa shape index (κ1) is 14.0. The fourth-order valence-electron chi connectivity index (χ4n) is 1.47. The van der Waals surface area contributed by atoms with Crippen molar-refractivity contribution in [1.82, 2.24) is 0 Å². The maximum atomic E-state index is 12.7. The van der Waals surface area contributed by atoms with E-state index in [9.17, 15) is 18.0 Å². The largest absolute Gasteiger partial charge is 0.417 e. The third-order valence-corrected chi connectivity index (χ3v) is 2.42. The Balaban J connectivity index is 3.20. The van der Waals surface area contributed by atoms with E-state index >= 15 is 0 Å². The van der Waals surface area contributed by atoms with Gasteiger partial charge in [0.25, 0.3) is 0 Å². The highest BCUT2D eigenvalue weighted by molar-refractivity contribution is 6.30. The second-order valence-electron chi connectivity index (χ2n) is 4.21. The predicted octanol–water partition coefficient (Wildman–Crippen LogP) is 4.59. The summed E-state index contributed by atoms with van der Waals surface area (Å²) >= 11 is 5.52. The molecule has 5 heteroatoms. The van der Waals surface area contributed by atoms with Crippen LogP contribution in [0.25, 0.3) is 0 Å². The van der Waals surface area contributed by atoms with E-state index < -0.39 is 17.5 Å². The summed E-state index contributed by atoms with van der Waals surface area (Å²) < 4.78 is 38.1. The maximum absolute atomic E-state index is 12.7. The fraction of sp³-hybridized carbons (Fsp3) is 0.417. The Labute approximate surface area is 103 Å². The van der Waals surface area contributed by atoms with Crippen LogP contribution in [0.15, 0.2) is 18.2 Å². The minimum atomic E-state index is -4.56. The van der Waals surface area contributed by atoms with Gasteiger partial charge in [0.15, 0.2) is 5.78 Å². The number of halogens is 4. The van der Waals surface area contributed by atoms with E-state index in [-0.39, 0.29) is 22.9 Å². The molecule has 0 fully saturated rings. The van der Waals surface area contributed by atoms with E-state index in [1.807, 2.05) is 0 Å². The van der Waals surface area contributed by atoms with E-state index in [0.29, 0.717) is 0 Å². The topological polar surface area (TPSA) is 17.1 Å². The highest BCUT2D eigenvalue weighted by Crippen LogP contribution is 2.34. The van der Waals surface area contributed by atoms with E-state index in [0.717, 1.165) is 12.1 Å². The fourth-order valence-corrected chi connectivity index (χ4v) is 1.65. The van der Waals surface area contributed by atoms with Gasteiger partial charge in [0.05, 0.1) is 5.56 Å². The predicted molar refractivity (Wildman–Crippen MR) is 60.2 cm³/mol. The van der Waals surface area contributed by atoms with Gasteiger partial charge in [-0.3, -0.25) is 4.79 Å². The SMILES string of the molecule is CC(C)CC(=O)c1ccc(Cl)cc1C(F)(F)F. The van der Waals surface area contributed by atoms with Gasteiger partial charge in [-0.1, -0.05) is 25.4 Å². The molecule has 0 saturated heterocycles. The minimum absolute atomic E-state index is 0.0132. The van der Waals surface area contributed by atoms with Crippen molar-refractivity contribution in [2.24, 2.45) is 5.92 Å². The molecule has 0 spiro atoms. The lowest BCUT2D eigenvalue weighted by Gasteiger charge is -2.13. The Morgan fingerprint density at radius 1 is 1.35 bits per heavy atom. The molecular formula is C12H12ClF3O. The van der Waals surface area contributed by atoms with Crippen molar-refractivity contribution in [3.63, 3.8) is 0 Å². The molecule has 0 aliphatic rings. The van der Waals surface area contributed by atoms with Gasteiger partial charge in [-0.25, -0.2) is 0 Å². The summed E-state index contributed by atoms with van der Waals surface area (Å²) in [5.74, 6) is -0.497. The summed E-state index contributed by atoms with van der Waals surface area (Å²) in [7, 11) is 0. The molecule has 17 heavy (non-hydrogen) atoms. The number of benzene rings is 1. The minimum Gasteiger partial charge on any atom is -0.294 e. The van der Waals surface area contributed by atoms with E-state index in [1.54, 1.807) is 13.8 Å². The quantitative estimate of drug-likeness (QED) is 0.730. The molecule has 1 aromatic carbocycles. The molecule has 0 bridgehead atoms. The number of carbonyl (C=O) groups excluding carboxylic acids is 1. The lowest BCUT2D eigenvalue weighted by molar-refractivity contribution is -0.137. The first-order valence-electron chi connectivity index (χ1n) is 5.11. The summed E-state index contributed by atoms with van der Waals surface area (Å²) in [6, 6.07) is 3.22. The van der Waals surface area contributed by atoms with Gasteiger partial charge in [-0.05, 0) is 24.1 Å². The zero-order valence-corrected chi connectivity index (χ0v) is 10.2. The summed E-state index contributed by atoms with van der Waals surface area (Å²) in [4.78, 5) is 11.7.